The number of hydrogen-bond acceptors (Lipinski definition) is 4. The van der Waals surface area contributed by atoms with Gasteiger partial charge in [-0.1, -0.05) is 12.1 Å². The summed E-state index contributed by atoms with van der Waals surface area (Å²) in [5.41, 5.74) is -0.509. The van der Waals surface area contributed by atoms with Crippen LogP contribution in [0.1, 0.15) is 0 Å². The number of nitro groups is 1. The smallest absolute Gasteiger partial charge is 0.258 e. The number of nitrogens with two attached hydrogens (primary N) is 1. The summed E-state index contributed by atoms with van der Waals surface area (Å²) < 4.78 is 21.7. The van der Waals surface area contributed by atoms with E-state index in [4.69, 9.17) is 5.14 Å². The number of hydrogen-bond donors (Lipinski definition) is 1. The lowest BCUT2D eigenvalue weighted by Crippen LogP contribution is -2.13. The molecule has 8 heteroatoms. The normalized spacial score (nSPS) is 10.4. The molecule has 0 amide bonds. The van der Waals surface area contributed by atoms with Gasteiger partial charge in [-0.3, -0.25) is 10.1 Å². The van der Waals surface area contributed by atoms with E-state index in [1.54, 1.807) is 0 Å². The van der Waals surface area contributed by atoms with Gasteiger partial charge in [-0.25, -0.2) is 13.6 Å². The van der Waals surface area contributed by atoms with Crippen LogP contribution in [-0.2, 0) is 10.0 Å². The highest BCUT2D eigenvalue weighted by Crippen LogP contribution is 2.20. The summed E-state index contributed by atoms with van der Waals surface area (Å²) in [5, 5.41) is 15.1. The van der Waals surface area contributed by atoms with Crippen LogP contribution >= 0.6 is 12.4 Å². The predicted octanol–water partition coefficient (Wildman–Crippen LogP) is 0.664. The zero-order valence-corrected chi connectivity index (χ0v) is 8.42. The molecule has 1 aromatic carbocycles. The third kappa shape index (κ3) is 2.66. The van der Waals surface area contributed by atoms with E-state index in [0.29, 0.717) is 0 Å². The maximum absolute atomic E-state index is 10.8. The van der Waals surface area contributed by atoms with Crippen LogP contribution in [0.25, 0.3) is 0 Å². The van der Waals surface area contributed by atoms with E-state index < -0.39 is 25.5 Å². The third-order valence-electron chi connectivity index (χ3n) is 1.37. The summed E-state index contributed by atoms with van der Waals surface area (Å²) in [6.07, 6.45) is 0. The topological polar surface area (TPSA) is 103 Å². The molecule has 2 N–H and O–H groups in total. The second-order valence-electron chi connectivity index (χ2n) is 2.27. The Morgan fingerprint density at radius 3 is 2.14 bits per heavy atom. The fourth-order valence-corrected chi connectivity index (χ4v) is 1.55. The molecule has 0 radical (unpaired) electrons. The Bertz CT molecular complexity index is 445. The Kier molecular flexibility index (Phi) is 3.99. The number of halogens is 1. The molecule has 78 valence electrons. The minimum absolute atomic E-state index is 0. The summed E-state index contributed by atoms with van der Waals surface area (Å²) >= 11 is 0. The molecule has 0 spiro atoms. The standard InChI is InChI=1S/C6H6N2O4S.ClH/c7-13(11,12)6-4-2-1-3-5(6)8(9)10;/h1-4H,(H2,7,11,12);1H. The van der Waals surface area contributed by atoms with Gasteiger partial charge in [-0.2, -0.15) is 0 Å². The van der Waals surface area contributed by atoms with E-state index in [1.165, 1.54) is 12.1 Å². The van der Waals surface area contributed by atoms with Crippen molar-refractivity contribution < 1.29 is 13.3 Å². The van der Waals surface area contributed by atoms with Gasteiger partial charge in [0.15, 0.2) is 4.90 Å². The maximum Gasteiger partial charge on any atom is 0.289 e. The average molecular weight is 239 g/mol. The molecule has 14 heavy (non-hydrogen) atoms. The average Bonchev–Trinajstić information content (AvgIpc) is 2.03. The lowest BCUT2D eigenvalue weighted by Gasteiger charge is -1.98. The Hall–Kier alpha value is -1.18. The maximum atomic E-state index is 10.8. The summed E-state index contributed by atoms with van der Waals surface area (Å²) in [6.45, 7) is 0. The number of nitro benzene ring substituents is 1. The molecule has 0 aliphatic heterocycles. The molecule has 0 bridgehead atoms. The third-order valence-corrected chi connectivity index (χ3v) is 2.33. The highest BCUT2D eigenvalue weighted by atomic mass is 35.5. The van der Waals surface area contributed by atoms with E-state index in [0.717, 1.165) is 12.1 Å². The number of nitrogens with zero attached hydrogens (tertiary/aromatic N) is 1. The number of primary sulfonamides is 1. The van der Waals surface area contributed by atoms with Crippen LogP contribution in [0.4, 0.5) is 5.69 Å². The van der Waals surface area contributed by atoms with Crippen molar-refractivity contribution in [3.05, 3.63) is 34.4 Å². The molecular weight excluding hydrogens is 232 g/mol. The van der Waals surface area contributed by atoms with Crippen molar-refractivity contribution in [2.75, 3.05) is 0 Å². The van der Waals surface area contributed by atoms with Crippen molar-refractivity contribution in [1.82, 2.24) is 0 Å². The minimum atomic E-state index is -4.02. The van der Waals surface area contributed by atoms with Crippen LogP contribution in [-0.4, -0.2) is 13.3 Å². The summed E-state index contributed by atoms with van der Waals surface area (Å²) in [6, 6.07) is 4.91. The zero-order valence-electron chi connectivity index (χ0n) is 6.78. The van der Waals surface area contributed by atoms with Gasteiger partial charge in [-0.15, -0.1) is 12.4 Å². The molecule has 0 aliphatic rings. The zero-order chi connectivity index (χ0) is 10.1. The Balaban J connectivity index is 0.00000169. The van der Waals surface area contributed by atoms with Gasteiger partial charge in [0.2, 0.25) is 10.0 Å². The van der Waals surface area contributed by atoms with Crippen LogP contribution in [0.3, 0.4) is 0 Å². The second kappa shape index (κ2) is 4.36. The first-order chi connectivity index (χ1) is 5.93. The van der Waals surface area contributed by atoms with Gasteiger partial charge >= 0.3 is 0 Å². The molecule has 6 nitrogen and oxygen atoms in total. The lowest BCUT2D eigenvalue weighted by molar-refractivity contribution is -0.387. The first-order valence-electron chi connectivity index (χ1n) is 3.19. The van der Waals surface area contributed by atoms with Crippen LogP contribution in [0, 0.1) is 10.1 Å². The van der Waals surface area contributed by atoms with Crippen molar-refractivity contribution >= 4 is 28.1 Å². The van der Waals surface area contributed by atoms with Crippen LogP contribution in [0.5, 0.6) is 0 Å². The van der Waals surface area contributed by atoms with Gasteiger partial charge in [0.25, 0.3) is 5.69 Å². The molecular formula is C6H7ClN2O4S. The summed E-state index contributed by atoms with van der Waals surface area (Å²) in [4.78, 5) is 9.09. The lowest BCUT2D eigenvalue weighted by atomic mass is 10.3. The molecule has 0 unspecified atom stereocenters. The van der Waals surface area contributed by atoms with Crippen LogP contribution < -0.4 is 5.14 Å². The monoisotopic (exact) mass is 238 g/mol. The van der Waals surface area contributed by atoms with E-state index in [1.807, 2.05) is 0 Å². The molecule has 1 rings (SSSR count). The van der Waals surface area contributed by atoms with E-state index in [2.05, 4.69) is 0 Å². The quantitative estimate of drug-likeness (QED) is 0.604. The fraction of sp³-hybridized carbons (Fsp3) is 0. The number of para-hydroxylation sites is 1. The summed E-state index contributed by atoms with van der Waals surface area (Å²) in [7, 11) is -4.02. The van der Waals surface area contributed by atoms with E-state index in [9.17, 15) is 18.5 Å². The Labute approximate surface area is 86.3 Å². The highest BCUT2D eigenvalue weighted by Gasteiger charge is 2.20. The molecule has 0 aliphatic carbocycles. The predicted molar refractivity (Wildman–Crippen MR) is 51.7 cm³/mol. The summed E-state index contributed by atoms with van der Waals surface area (Å²) in [5.74, 6) is 0. The van der Waals surface area contributed by atoms with Gasteiger partial charge < -0.3 is 0 Å². The SMILES string of the molecule is Cl.NS(=O)(=O)c1ccccc1[N+](=O)[O-]. The second-order valence-corrected chi connectivity index (χ2v) is 3.80. The molecule has 0 atom stereocenters. The highest BCUT2D eigenvalue weighted by molar-refractivity contribution is 7.89. The van der Waals surface area contributed by atoms with E-state index >= 15 is 0 Å². The fourth-order valence-electron chi connectivity index (χ4n) is 0.849. The van der Waals surface area contributed by atoms with Gasteiger partial charge in [-0.05, 0) is 6.07 Å². The van der Waals surface area contributed by atoms with Crippen molar-refractivity contribution in [3.8, 4) is 0 Å². The number of sulfonamides is 1. The molecule has 0 fully saturated rings. The first-order valence-corrected chi connectivity index (χ1v) is 4.74. The van der Waals surface area contributed by atoms with Crippen LogP contribution in [0.2, 0.25) is 0 Å². The van der Waals surface area contributed by atoms with Crippen molar-refractivity contribution in [3.63, 3.8) is 0 Å². The molecule has 0 heterocycles. The van der Waals surface area contributed by atoms with Crippen molar-refractivity contribution in [1.29, 1.82) is 0 Å². The first kappa shape index (κ1) is 12.8. The van der Waals surface area contributed by atoms with Gasteiger partial charge in [0.1, 0.15) is 0 Å². The van der Waals surface area contributed by atoms with E-state index in [-0.39, 0.29) is 12.4 Å². The number of rotatable bonds is 2. The Morgan fingerprint density at radius 1 is 1.29 bits per heavy atom. The van der Waals surface area contributed by atoms with Gasteiger partial charge in [0.05, 0.1) is 4.92 Å². The van der Waals surface area contributed by atoms with Crippen molar-refractivity contribution in [2.24, 2.45) is 5.14 Å². The largest absolute Gasteiger partial charge is 0.289 e. The van der Waals surface area contributed by atoms with Crippen molar-refractivity contribution in [2.45, 2.75) is 4.90 Å². The van der Waals surface area contributed by atoms with Crippen LogP contribution in [0.15, 0.2) is 29.2 Å². The molecule has 0 saturated carbocycles. The molecule has 1 aromatic rings. The minimum Gasteiger partial charge on any atom is -0.258 e. The Morgan fingerprint density at radius 2 is 1.79 bits per heavy atom. The molecule has 0 saturated heterocycles. The number of benzene rings is 1. The van der Waals surface area contributed by atoms with Gasteiger partial charge in [0, 0.05) is 6.07 Å². The molecule has 0 aromatic heterocycles.